The van der Waals surface area contributed by atoms with Gasteiger partial charge in [0.05, 0.1) is 11.2 Å². The summed E-state index contributed by atoms with van der Waals surface area (Å²) in [4.78, 5) is 8.90. The third kappa shape index (κ3) is 2.13. The highest BCUT2D eigenvalue weighted by molar-refractivity contribution is 5.92. The van der Waals surface area contributed by atoms with E-state index < -0.39 is 0 Å². The largest absolute Gasteiger partial charge is 0.254 e. The number of nitrogens with zero attached hydrogens (tertiary/aromatic N) is 2. The molecule has 2 aromatic carbocycles. The van der Waals surface area contributed by atoms with E-state index in [4.69, 9.17) is 0 Å². The number of rotatable bonds is 2. The van der Waals surface area contributed by atoms with E-state index in [9.17, 15) is 0 Å². The van der Waals surface area contributed by atoms with Crippen LogP contribution >= 0.6 is 0 Å². The van der Waals surface area contributed by atoms with Crippen molar-refractivity contribution in [3.05, 3.63) is 72.4 Å². The molecule has 0 fully saturated rings. The van der Waals surface area contributed by atoms with E-state index in [0.717, 1.165) is 22.2 Å². The molecule has 0 saturated carbocycles. The minimum atomic E-state index is 0.900. The standard InChI is InChI=1S/C16H12N2/c1-2-6-13(7-3-1)12-18-15-10-4-8-14-9-5-11-17-16(14)15/h1-12H. The molecule has 0 radical (unpaired) electrons. The van der Waals surface area contributed by atoms with Crippen molar-refractivity contribution in [2.45, 2.75) is 0 Å². The van der Waals surface area contributed by atoms with Gasteiger partial charge in [-0.05, 0) is 17.7 Å². The third-order valence-electron chi connectivity index (χ3n) is 2.76. The van der Waals surface area contributed by atoms with Gasteiger partial charge < -0.3 is 0 Å². The third-order valence-corrected chi connectivity index (χ3v) is 2.76. The Kier molecular flexibility index (Phi) is 2.84. The highest BCUT2D eigenvalue weighted by Crippen LogP contribution is 2.23. The molecule has 0 bridgehead atoms. The molecule has 0 spiro atoms. The number of pyridine rings is 1. The van der Waals surface area contributed by atoms with Gasteiger partial charge in [0.1, 0.15) is 0 Å². The molecular weight excluding hydrogens is 220 g/mol. The van der Waals surface area contributed by atoms with E-state index in [1.165, 1.54) is 0 Å². The molecule has 0 N–H and O–H groups in total. The van der Waals surface area contributed by atoms with Gasteiger partial charge in [-0.25, -0.2) is 0 Å². The molecule has 1 aromatic heterocycles. The predicted octanol–water partition coefficient (Wildman–Crippen LogP) is 3.99. The minimum Gasteiger partial charge on any atom is -0.254 e. The normalized spacial score (nSPS) is 11.1. The van der Waals surface area contributed by atoms with Crippen LogP contribution in [-0.4, -0.2) is 11.2 Å². The number of benzene rings is 2. The Balaban J connectivity index is 2.03. The maximum atomic E-state index is 4.52. The zero-order valence-electron chi connectivity index (χ0n) is 9.82. The number of aromatic nitrogens is 1. The fourth-order valence-electron chi connectivity index (χ4n) is 1.88. The molecule has 0 aliphatic rings. The summed E-state index contributed by atoms with van der Waals surface area (Å²) in [5, 5.41) is 1.11. The van der Waals surface area contributed by atoms with Gasteiger partial charge in [-0.1, -0.05) is 48.5 Å². The van der Waals surface area contributed by atoms with Crippen molar-refractivity contribution < 1.29 is 0 Å². The van der Waals surface area contributed by atoms with Gasteiger partial charge >= 0.3 is 0 Å². The van der Waals surface area contributed by atoms with Crippen LogP contribution in [0.2, 0.25) is 0 Å². The van der Waals surface area contributed by atoms with Crippen molar-refractivity contribution >= 4 is 22.8 Å². The number of hydrogen-bond acceptors (Lipinski definition) is 2. The number of aliphatic imine (C=N–C) groups is 1. The Morgan fingerprint density at radius 3 is 2.56 bits per heavy atom. The van der Waals surface area contributed by atoms with E-state index >= 15 is 0 Å². The van der Waals surface area contributed by atoms with E-state index in [-0.39, 0.29) is 0 Å². The zero-order chi connectivity index (χ0) is 12.2. The lowest BCUT2D eigenvalue weighted by Crippen LogP contribution is -1.81. The topological polar surface area (TPSA) is 25.2 Å². The first-order valence-electron chi connectivity index (χ1n) is 5.86. The smallest absolute Gasteiger partial charge is 0.0958 e. The second-order valence-electron chi connectivity index (χ2n) is 4.02. The van der Waals surface area contributed by atoms with Crippen LogP contribution in [0.1, 0.15) is 5.56 Å². The fraction of sp³-hybridized carbons (Fsp3) is 0. The van der Waals surface area contributed by atoms with Crippen LogP contribution in [0.4, 0.5) is 5.69 Å². The van der Waals surface area contributed by atoms with E-state index in [1.807, 2.05) is 66.9 Å². The summed E-state index contributed by atoms with van der Waals surface area (Å²) in [6, 6.07) is 20.1. The molecule has 2 nitrogen and oxygen atoms in total. The molecule has 0 atom stereocenters. The van der Waals surface area contributed by atoms with Crippen molar-refractivity contribution in [3.8, 4) is 0 Å². The summed E-state index contributed by atoms with van der Waals surface area (Å²) in [6.07, 6.45) is 3.66. The molecule has 1 heterocycles. The summed E-state index contributed by atoms with van der Waals surface area (Å²) in [5.41, 5.74) is 2.93. The summed E-state index contributed by atoms with van der Waals surface area (Å²) in [5.74, 6) is 0. The van der Waals surface area contributed by atoms with Crippen molar-refractivity contribution in [2.75, 3.05) is 0 Å². The van der Waals surface area contributed by atoms with Gasteiger partial charge in [0.25, 0.3) is 0 Å². The average molecular weight is 232 g/mol. The van der Waals surface area contributed by atoms with Crippen LogP contribution in [-0.2, 0) is 0 Å². The molecule has 3 rings (SSSR count). The van der Waals surface area contributed by atoms with E-state index in [0.29, 0.717) is 0 Å². The number of fused-ring (bicyclic) bond motifs is 1. The maximum absolute atomic E-state index is 4.52. The second-order valence-corrected chi connectivity index (χ2v) is 4.02. The lowest BCUT2D eigenvalue weighted by molar-refractivity contribution is 1.39. The van der Waals surface area contributed by atoms with Crippen LogP contribution in [0.15, 0.2) is 71.9 Å². The van der Waals surface area contributed by atoms with Crippen LogP contribution in [0.3, 0.4) is 0 Å². The summed E-state index contributed by atoms with van der Waals surface area (Å²) >= 11 is 0. The molecule has 2 heteroatoms. The van der Waals surface area contributed by atoms with Crippen molar-refractivity contribution in [1.29, 1.82) is 0 Å². The highest BCUT2D eigenvalue weighted by atomic mass is 14.8. The quantitative estimate of drug-likeness (QED) is 0.613. The first-order valence-corrected chi connectivity index (χ1v) is 5.86. The molecule has 18 heavy (non-hydrogen) atoms. The van der Waals surface area contributed by atoms with Gasteiger partial charge in [-0.2, -0.15) is 0 Å². The Morgan fingerprint density at radius 1 is 0.833 bits per heavy atom. The SMILES string of the molecule is C(=Nc1cccc2cccnc12)c1ccccc1. The summed E-state index contributed by atoms with van der Waals surface area (Å²) in [7, 11) is 0. The number of hydrogen-bond donors (Lipinski definition) is 0. The monoisotopic (exact) mass is 232 g/mol. The molecule has 0 aliphatic heterocycles. The number of para-hydroxylation sites is 1. The maximum Gasteiger partial charge on any atom is 0.0958 e. The van der Waals surface area contributed by atoms with E-state index in [2.05, 4.69) is 9.98 Å². The van der Waals surface area contributed by atoms with Gasteiger partial charge in [0.15, 0.2) is 0 Å². The molecule has 0 saturated heterocycles. The van der Waals surface area contributed by atoms with Crippen molar-refractivity contribution in [3.63, 3.8) is 0 Å². The predicted molar refractivity (Wildman–Crippen MR) is 75.4 cm³/mol. The van der Waals surface area contributed by atoms with Crippen molar-refractivity contribution in [2.24, 2.45) is 4.99 Å². The molecule has 3 aromatic rings. The highest BCUT2D eigenvalue weighted by Gasteiger charge is 1.98. The van der Waals surface area contributed by atoms with Crippen LogP contribution in [0, 0.1) is 0 Å². The minimum absolute atomic E-state index is 0.900. The van der Waals surface area contributed by atoms with Gasteiger partial charge in [-0.3, -0.25) is 9.98 Å². The Hall–Kier alpha value is -2.48. The van der Waals surface area contributed by atoms with Gasteiger partial charge in [-0.15, -0.1) is 0 Å². The van der Waals surface area contributed by atoms with Crippen LogP contribution in [0.25, 0.3) is 10.9 Å². The van der Waals surface area contributed by atoms with E-state index in [1.54, 1.807) is 6.20 Å². The molecule has 0 unspecified atom stereocenters. The Morgan fingerprint density at radius 2 is 1.67 bits per heavy atom. The van der Waals surface area contributed by atoms with Gasteiger partial charge in [0, 0.05) is 17.8 Å². The summed E-state index contributed by atoms with van der Waals surface area (Å²) in [6.45, 7) is 0. The molecular formula is C16H12N2. The van der Waals surface area contributed by atoms with Crippen LogP contribution < -0.4 is 0 Å². The second kappa shape index (κ2) is 4.80. The van der Waals surface area contributed by atoms with Crippen molar-refractivity contribution in [1.82, 2.24) is 4.98 Å². The van der Waals surface area contributed by atoms with Crippen LogP contribution in [0.5, 0.6) is 0 Å². The molecule has 0 amide bonds. The zero-order valence-corrected chi connectivity index (χ0v) is 9.82. The fourth-order valence-corrected chi connectivity index (χ4v) is 1.88. The average Bonchev–Trinajstić information content (AvgIpc) is 2.46. The Labute approximate surface area is 106 Å². The molecule has 86 valence electrons. The lowest BCUT2D eigenvalue weighted by atomic mass is 10.2. The Bertz CT molecular complexity index is 682. The first kappa shape index (κ1) is 10.7. The summed E-state index contributed by atoms with van der Waals surface area (Å²) < 4.78 is 0. The lowest BCUT2D eigenvalue weighted by Gasteiger charge is -2.00. The van der Waals surface area contributed by atoms with Gasteiger partial charge in [0.2, 0.25) is 0 Å². The molecule has 0 aliphatic carbocycles. The first-order chi connectivity index (χ1) is 8.93.